The molecule has 1 aromatic heterocycles. The number of anilines is 1. The molecule has 1 fully saturated rings. The number of aromatic nitrogens is 1. The normalized spacial score (nSPS) is 15.0. The van der Waals surface area contributed by atoms with Crippen LogP contribution in [0.1, 0.15) is 43.0 Å². The molecule has 4 heteroatoms. The Morgan fingerprint density at radius 3 is 2.67 bits per heavy atom. The first-order valence-corrected chi connectivity index (χ1v) is 7.35. The largest absolute Gasteiger partial charge is 0.438 e. The van der Waals surface area contributed by atoms with Gasteiger partial charge in [0.1, 0.15) is 17.5 Å². The van der Waals surface area contributed by atoms with E-state index in [9.17, 15) is 5.26 Å². The van der Waals surface area contributed by atoms with Gasteiger partial charge in [-0.2, -0.15) is 5.26 Å². The fraction of sp³-hybridized carbons (Fsp3) is 0.353. The van der Waals surface area contributed by atoms with Crippen molar-refractivity contribution >= 4 is 5.69 Å². The molecule has 0 saturated heterocycles. The summed E-state index contributed by atoms with van der Waals surface area (Å²) in [5, 5.41) is 9.36. The molecule has 1 heterocycles. The summed E-state index contributed by atoms with van der Waals surface area (Å²) in [7, 11) is 0. The van der Waals surface area contributed by atoms with Crippen LogP contribution in [0.4, 0.5) is 5.69 Å². The number of nitrogen functional groups attached to an aromatic ring is 1. The van der Waals surface area contributed by atoms with Gasteiger partial charge >= 0.3 is 0 Å². The minimum Gasteiger partial charge on any atom is -0.438 e. The minimum absolute atomic E-state index is 0.316. The Labute approximate surface area is 124 Å². The van der Waals surface area contributed by atoms with Gasteiger partial charge in [-0.3, -0.25) is 4.57 Å². The van der Waals surface area contributed by atoms with Crippen molar-refractivity contribution in [3.63, 3.8) is 0 Å². The lowest BCUT2D eigenvalue weighted by atomic mass is 10.2. The molecule has 2 N–H and O–H groups in total. The molecule has 4 nitrogen and oxygen atoms in total. The minimum atomic E-state index is 0.316. The maximum Gasteiger partial charge on any atom is 0.224 e. The zero-order chi connectivity index (χ0) is 14.8. The van der Waals surface area contributed by atoms with E-state index in [-0.39, 0.29) is 0 Å². The van der Waals surface area contributed by atoms with Crippen molar-refractivity contribution in [2.45, 2.75) is 38.6 Å². The predicted molar refractivity (Wildman–Crippen MR) is 82.3 cm³/mol. The molecule has 0 aliphatic heterocycles. The molecule has 0 unspecified atom stereocenters. The number of nitrogens with two attached hydrogens (primary N) is 1. The van der Waals surface area contributed by atoms with Gasteiger partial charge in [-0.1, -0.05) is 31.0 Å². The van der Waals surface area contributed by atoms with E-state index in [4.69, 9.17) is 10.5 Å². The highest BCUT2D eigenvalue weighted by Crippen LogP contribution is 2.40. The number of ether oxygens (including phenoxy) is 1. The van der Waals surface area contributed by atoms with E-state index in [1.165, 1.54) is 12.8 Å². The van der Waals surface area contributed by atoms with Gasteiger partial charge in [0.05, 0.1) is 5.69 Å². The molecular weight excluding hydrogens is 262 g/mol. The number of hydrogen-bond donors (Lipinski definition) is 1. The number of aryl methyl sites for hydroxylation is 1. The summed E-state index contributed by atoms with van der Waals surface area (Å²) in [6.45, 7) is 2.00. The van der Waals surface area contributed by atoms with E-state index < -0.39 is 0 Å². The lowest BCUT2D eigenvalue weighted by Crippen LogP contribution is -2.09. The average Bonchev–Trinajstić information content (AvgIpc) is 3.10. The molecule has 2 aromatic rings. The number of benzene rings is 1. The topological polar surface area (TPSA) is 64.0 Å². The molecule has 3 rings (SSSR count). The molecule has 0 bridgehead atoms. The maximum absolute atomic E-state index is 9.36. The van der Waals surface area contributed by atoms with E-state index in [1.54, 1.807) is 6.07 Å². The highest BCUT2D eigenvalue weighted by molar-refractivity contribution is 5.57. The van der Waals surface area contributed by atoms with Gasteiger partial charge in [0.2, 0.25) is 5.88 Å². The van der Waals surface area contributed by atoms with Gasteiger partial charge in [0.15, 0.2) is 0 Å². The molecule has 0 radical (unpaired) electrons. The van der Waals surface area contributed by atoms with E-state index in [0.29, 0.717) is 23.3 Å². The Morgan fingerprint density at radius 2 is 2.00 bits per heavy atom. The van der Waals surface area contributed by atoms with Crippen molar-refractivity contribution in [2.75, 3.05) is 5.73 Å². The van der Waals surface area contributed by atoms with Crippen molar-refractivity contribution in [1.29, 1.82) is 5.26 Å². The highest BCUT2D eigenvalue weighted by atomic mass is 16.5. The summed E-state index contributed by atoms with van der Waals surface area (Å²) in [6, 6.07) is 12.1. The van der Waals surface area contributed by atoms with Crippen LogP contribution in [-0.2, 0) is 0 Å². The fourth-order valence-corrected chi connectivity index (χ4v) is 3.02. The van der Waals surface area contributed by atoms with Crippen LogP contribution in [0.25, 0.3) is 0 Å². The summed E-state index contributed by atoms with van der Waals surface area (Å²) in [6.07, 6.45) is 4.54. The smallest absolute Gasteiger partial charge is 0.224 e. The van der Waals surface area contributed by atoms with Gasteiger partial charge in [-0.05, 0) is 31.4 Å². The van der Waals surface area contributed by atoms with E-state index >= 15 is 0 Å². The molecule has 0 spiro atoms. The fourth-order valence-electron chi connectivity index (χ4n) is 3.02. The summed E-state index contributed by atoms with van der Waals surface area (Å²) in [5.41, 5.74) is 8.25. The van der Waals surface area contributed by atoms with E-state index in [2.05, 4.69) is 6.07 Å². The van der Waals surface area contributed by atoms with Crippen LogP contribution in [0, 0.1) is 18.3 Å². The third-order valence-corrected chi connectivity index (χ3v) is 4.12. The third kappa shape index (κ3) is 2.47. The molecule has 108 valence electrons. The first-order chi connectivity index (χ1) is 10.2. The van der Waals surface area contributed by atoms with Gasteiger partial charge in [0.25, 0.3) is 0 Å². The first-order valence-electron chi connectivity index (χ1n) is 7.35. The lowest BCUT2D eigenvalue weighted by Gasteiger charge is -2.18. The third-order valence-electron chi connectivity index (χ3n) is 4.12. The molecule has 0 amide bonds. The second-order valence-corrected chi connectivity index (χ2v) is 5.58. The Hall–Kier alpha value is -2.41. The molecule has 21 heavy (non-hydrogen) atoms. The summed E-state index contributed by atoms with van der Waals surface area (Å²) < 4.78 is 8.03. The van der Waals surface area contributed by atoms with E-state index in [0.717, 1.165) is 24.2 Å². The van der Waals surface area contributed by atoms with Gasteiger partial charge in [-0.25, -0.2) is 0 Å². The quantitative estimate of drug-likeness (QED) is 0.918. The number of rotatable bonds is 3. The molecule has 1 aliphatic carbocycles. The average molecular weight is 281 g/mol. The SMILES string of the molecule is Cc1ccccc1Oc1c(N)cc(C#N)n1C1CCCC1. The van der Waals surface area contributed by atoms with Gasteiger partial charge in [0, 0.05) is 12.1 Å². The summed E-state index contributed by atoms with van der Waals surface area (Å²) >= 11 is 0. The highest BCUT2D eigenvalue weighted by Gasteiger charge is 2.25. The molecule has 1 aromatic carbocycles. The van der Waals surface area contributed by atoms with Crippen LogP contribution in [0.2, 0.25) is 0 Å². The number of hydrogen-bond acceptors (Lipinski definition) is 3. The lowest BCUT2D eigenvalue weighted by molar-refractivity contribution is 0.392. The first kappa shape index (κ1) is 13.6. The molecule has 1 saturated carbocycles. The Morgan fingerprint density at radius 1 is 1.29 bits per heavy atom. The van der Waals surface area contributed by atoms with Crippen LogP contribution >= 0.6 is 0 Å². The summed E-state index contributed by atoms with van der Waals surface area (Å²) in [5.74, 6) is 1.39. The monoisotopic (exact) mass is 281 g/mol. The van der Waals surface area contributed by atoms with Crippen LogP contribution < -0.4 is 10.5 Å². The van der Waals surface area contributed by atoms with E-state index in [1.807, 2.05) is 35.8 Å². The second kappa shape index (κ2) is 5.53. The van der Waals surface area contributed by atoms with Crippen molar-refractivity contribution in [3.05, 3.63) is 41.6 Å². The van der Waals surface area contributed by atoms with Gasteiger partial charge < -0.3 is 10.5 Å². The Balaban J connectivity index is 2.03. The predicted octanol–water partition coefficient (Wildman–Crippen LogP) is 4.16. The zero-order valence-corrected chi connectivity index (χ0v) is 12.2. The summed E-state index contributed by atoms with van der Waals surface area (Å²) in [4.78, 5) is 0. The van der Waals surface area contributed by atoms with Crippen molar-refractivity contribution in [1.82, 2.24) is 4.57 Å². The maximum atomic E-state index is 9.36. The van der Waals surface area contributed by atoms with Crippen LogP contribution in [-0.4, -0.2) is 4.57 Å². The molecular formula is C17H19N3O. The van der Waals surface area contributed by atoms with Crippen molar-refractivity contribution in [3.8, 4) is 17.7 Å². The molecule has 1 aliphatic rings. The number of nitriles is 1. The molecule has 0 atom stereocenters. The van der Waals surface area contributed by atoms with Crippen LogP contribution in [0.3, 0.4) is 0 Å². The standard InChI is InChI=1S/C17H19N3O/c1-12-6-2-5-9-16(12)21-17-15(19)10-14(11-18)20(17)13-7-3-4-8-13/h2,5-6,9-10,13H,3-4,7-8,19H2,1H3. The Bertz CT molecular complexity index is 691. The van der Waals surface area contributed by atoms with Crippen molar-refractivity contribution in [2.24, 2.45) is 0 Å². The number of nitrogens with zero attached hydrogens (tertiary/aromatic N) is 2. The van der Waals surface area contributed by atoms with Crippen molar-refractivity contribution < 1.29 is 4.74 Å². The zero-order valence-electron chi connectivity index (χ0n) is 12.2. The second-order valence-electron chi connectivity index (χ2n) is 5.58. The van der Waals surface area contributed by atoms with Gasteiger partial charge in [-0.15, -0.1) is 0 Å². The number of para-hydroxylation sites is 1. The Kier molecular flexibility index (Phi) is 3.57. The van der Waals surface area contributed by atoms with Crippen LogP contribution in [0.5, 0.6) is 11.6 Å². The van der Waals surface area contributed by atoms with Crippen LogP contribution in [0.15, 0.2) is 30.3 Å².